The molecular weight excluding hydrogens is 228 g/mol. The van der Waals surface area contributed by atoms with Crippen molar-refractivity contribution in [3.05, 3.63) is 57.3 Å². The van der Waals surface area contributed by atoms with Gasteiger partial charge in [0.15, 0.2) is 5.78 Å². The van der Waals surface area contributed by atoms with Gasteiger partial charge in [-0.2, -0.15) is 0 Å². The Bertz CT molecular complexity index is 491. The molecule has 0 bridgehead atoms. The summed E-state index contributed by atoms with van der Waals surface area (Å²) in [5, 5.41) is 2.05. The molecule has 2 aromatic rings. The monoisotopic (exact) mass is 244 g/mol. The molecule has 0 fully saturated rings. The predicted molar refractivity (Wildman–Crippen MR) is 72.9 cm³/mol. The minimum atomic E-state index is 0.241. The van der Waals surface area contributed by atoms with Crippen LogP contribution in [-0.2, 0) is 6.42 Å². The van der Waals surface area contributed by atoms with E-state index in [1.807, 2.05) is 32.0 Å². The van der Waals surface area contributed by atoms with E-state index in [-0.39, 0.29) is 5.78 Å². The van der Waals surface area contributed by atoms with E-state index in [2.05, 4.69) is 17.5 Å². The summed E-state index contributed by atoms with van der Waals surface area (Å²) in [5.74, 6) is 0.241. The van der Waals surface area contributed by atoms with Crippen LogP contribution in [0.25, 0.3) is 0 Å². The molecule has 88 valence electrons. The third-order valence-electron chi connectivity index (χ3n) is 2.72. The van der Waals surface area contributed by atoms with Crippen molar-refractivity contribution in [2.24, 2.45) is 0 Å². The third-order valence-corrected chi connectivity index (χ3v) is 3.66. The van der Waals surface area contributed by atoms with Gasteiger partial charge in [-0.3, -0.25) is 4.79 Å². The van der Waals surface area contributed by atoms with Gasteiger partial charge in [0.1, 0.15) is 0 Å². The first-order chi connectivity index (χ1) is 8.15. The fourth-order valence-corrected chi connectivity index (χ4v) is 2.68. The summed E-state index contributed by atoms with van der Waals surface area (Å²) in [6.45, 7) is 4.06. The van der Waals surface area contributed by atoms with Gasteiger partial charge in [-0.25, -0.2) is 0 Å². The Morgan fingerprint density at radius 3 is 2.47 bits per heavy atom. The summed E-state index contributed by atoms with van der Waals surface area (Å²) < 4.78 is 0. The van der Waals surface area contributed by atoms with Gasteiger partial charge in [0.2, 0.25) is 0 Å². The number of aryl methyl sites for hydroxylation is 3. The molecule has 0 N–H and O–H groups in total. The highest BCUT2D eigenvalue weighted by Gasteiger charge is 2.07. The Morgan fingerprint density at radius 2 is 1.88 bits per heavy atom. The number of hydrogen-bond donors (Lipinski definition) is 0. The van der Waals surface area contributed by atoms with Crippen molar-refractivity contribution in [1.82, 2.24) is 0 Å². The molecule has 0 unspecified atom stereocenters. The van der Waals surface area contributed by atoms with Crippen molar-refractivity contribution in [3.63, 3.8) is 0 Å². The largest absolute Gasteiger partial charge is 0.294 e. The topological polar surface area (TPSA) is 17.1 Å². The summed E-state index contributed by atoms with van der Waals surface area (Å²) in [5.41, 5.74) is 3.16. The number of carbonyl (C=O) groups is 1. The first-order valence-electron chi connectivity index (χ1n) is 5.79. The number of ketones is 1. The number of carbonyl (C=O) groups excluding carboxylic acids is 1. The summed E-state index contributed by atoms with van der Waals surface area (Å²) in [6, 6.07) is 10.2. The fourth-order valence-electron chi connectivity index (χ4n) is 1.97. The van der Waals surface area contributed by atoms with E-state index in [0.29, 0.717) is 6.42 Å². The van der Waals surface area contributed by atoms with Gasteiger partial charge in [-0.15, -0.1) is 11.3 Å². The summed E-state index contributed by atoms with van der Waals surface area (Å²) in [6.07, 6.45) is 1.45. The zero-order valence-corrected chi connectivity index (χ0v) is 11.0. The highest BCUT2D eigenvalue weighted by molar-refractivity contribution is 7.09. The van der Waals surface area contributed by atoms with Gasteiger partial charge in [0, 0.05) is 16.9 Å². The number of thiophene rings is 1. The Kier molecular flexibility index (Phi) is 3.75. The quantitative estimate of drug-likeness (QED) is 0.737. The molecule has 0 aliphatic carbocycles. The van der Waals surface area contributed by atoms with E-state index in [0.717, 1.165) is 23.1 Å². The van der Waals surface area contributed by atoms with Crippen molar-refractivity contribution in [3.8, 4) is 0 Å². The Hall–Kier alpha value is -1.41. The maximum absolute atomic E-state index is 12.0. The number of hydrogen-bond acceptors (Lipinski definition) is 2. The molecule has 0 amide bonds. The molecule has 1 heterocycles. The molecule has 0 radical (unpaired) electrons. The van der Waals surface area contributed by atoms with Crippen LogP contribution in [0, 0.1) is 13.8 Å². The molecule has 1 nitrogen and oxygen atoms in total. The van der Waals surface area contributed by atoms with Crippen LogP contribution in [0.2, 0.25) is 0 Å². The van der Waals surface area contributed by atoms with Crippen LogP contribution in [0.15, 0.2) is 35.7 Å². The Balaban J connectivity index is 2.04. The number of Topliss-reactive ketones (excluding diaryl/α,β-unsaturated/α-hetero) is 1. The van der Waals surface area contributed by atoms with E-state index < -0.39 is 0 Å². The normalized spacial score (nSPS) is 10.5. The van der Waals surface area contributed by atoms with Crippen LogP contribution in [0.1, 0.15) is 32.8 Å². The van der Waals surface area contributed by atoms with Gasteiger partial charge in [0.05, 0.1) is 0 Å². The highest BCUT2D eigenvalue weighted by atomic mass is 32.1. The summed E-state index contributed by atoms with van der Waals surface area (Å²) >= 11 is 1.71. The molecule has 17 heavy (non-hydrogen) atoms. The predicted octanol–water partition coefficient (Wildman–Crippen LogP) is 4.18. The highest BCUT2D eigenvalue weighted by Crippen LogP contribution is 2.15. The zero-order valence-electron chi connectivity index (χ0n) is 10.2. The van der Waals surface area contributed by atoms with Crippen molar-refractivity contribution in [2.45, 2.75) is 26.7 Å². The van der Waals surface area contributed by atoms with Crippen molar-refractivity contribution in [1.29, 1.82) is 0 Å². The van der Waals surface area contributed by atoms with Gasteiger partial charge in [-0.1, -0.05) is 23.3 Å². The molecule has 0 atom stereocenters. The van der Waals surface area contributed by atoms with E-state index in [9.17, 15) is 4.79 Å². The van der Waals surface area contributed by atoms with Crippen molar-refractivity contribution >= 4 is 17.1 Å². The smallest absolute Gasteiger partial charge is 0.163 e. The van der Waals surface area contributed by atoms with Gasteiger partial charge in [-0.05, 0) is 43.8 Å². The minimum absolute atomic E-state index is 0.241. The van der Waals surface area contributed by atoms with E-state index >= 15 is 0 Å². The summed E-state index contributed by atoms with van der Waals surface area (Å²) in [4.78, 5) is 13.3. The van der Waals surface area contributed by atoms with Crippen LogP contribution in [0.5, 0.6) is 0 Å². The van der Waals surface area contributed by atoms with Crippen LogP contribution in [0.4, 0.5) is 0 Å². The first-order valence-corrected chi connectivity index (χ1v) is 6.67. The lowest BCUT2D eigenvalue weighted by Crippen LogP contribution is -2.01. The maximum atomic E-state index is 12.0. The first kappa shape index (κ1) is 12.1. The molecular formula is C15H16OS. The molecule has 0 aliphatic heterocycles. The molecule has 0 spiro atoms. The standard InChI is InChI=1S/C15H16OS/c1-11-8-12(2)10-13(9-11)15(16)6-5-14-4-3-7-17-14/h3-4,7-10H,5-6H2,1-2H3. The van der Waals surface area contributed by atoms with E-state index in [1.165, 1.54) is 4.88 Å². The molecule has 0 saturated heterocycles. The van der Waals surface area contributed by atoms with E-state index in [4.69, 9.17) is 0 Å². The lowest BCUT2D eigenvalue weighted by Gasteiger charge is -2.03. The lowest BCUT2D eigenvalue weighted by molar-refractivity contribution is 0.0983. The number of benzene rings is 1. The summed E-state index contributed by atoms with van der Waals surface area (Å²) in [7, 11) is 0. The average Bonchev–Trinajstić information content (AvgIpc) is 2.77. The average molecular weight is 244 g/mol. The maximum Gasteiger partial charge on any atom is 0.163 e. The number of rotatable bonds is 4. The van der Waals surface area contributed by atoms with E-state index in [1.54, 1.807) is 11.3 Å². The lowest BCUT2D eigenvalue weighted by atomic mass is 10.0. The van der Waals surface area contributed by atoms with Crippen LogP contribution in [-0.4, -0.2) is 5.78 Å². The van der Waals surface area contributed by atoms with Crippen molar-refractivity contribution in [2.75, 3.05) is 0 Å². The molecule has 0 saturated carbocycles. The van der Waals surface area contributed by atoms with Crippen LogP contribution >= 0.6 is 11.3 Å². The second-order valence-corrected chi connectivity index (χ2v) is 5.41. The Morgan fingerprint density at radius 1 is 1.18 bits per heavy atom. The van der Waals surface area contributed by atoms with Crippen LogP contribution < -0.4 is 0 Å². The fraction of sp³-hybridized carbons (Fsp3) is 0.267. The molecule has 2 heteroatoms. The molecule has 1 aromatic carbocycles. The molecule has 2 rings (SSSR count). The van der Waals surface area contributed by atoms with Crippen molar-refractivity contribution < 1.29 is 4.79 Å². The third kappa shape index (κ3) is 3.27. The van der Waals surface area contributed by atoms with Gasteiger partial charge in [0.25, 0.3) is 0 Å². The SMILES string of the molecule is Cc1cc(C)cc(C(=O)CCc2cccs2)c1. The zero-order chi connectivity index (χ0) is 12.3. The second-order valence-electron chi connectivity index (χ2n) is 4.38. The molecule has 1 aromatic heterocycles. The molecule has 0 aliphatic rings. The minimum Gasteiger partial charge on any atom is -0.294 e. The van der Waals surface area contributed by atoms with Crippen LogP contribution in [0.3, 0.4) is 0 Å². The van der Waals surface area contributed by atoms with Gasteiger partial charge < -0.3 is 0 Å². The van der Waals surface area contributed by atoms with Gasteiger partial charge >= 0.3 is 0 Å². The Labute approximate surface area is 106 Å². The second kappa shape index (κ2) is 5.28.